The average Bonchev–Trinajstić information content (AvgIpc) is 3.25. The fraction of sp³-hybridized carbons (Fsp3) is 0.286. The normalized spacial score (nSPS) is 12.0. The summed E-state index contributed by atoms with van der Waals surface area (Å²) in [5.74, 6) is -0.178. The van der Waals surface area contributed by atoms with Gasteiger partial charge in [0.05, 0.1) is 11.9 Å². The van der Waals surface area contributed by atoms with Gasteiger partial charge in [0, 0.05) is 29.1 Å². The van der Waals surface area contributed by atoms with Gasteiger partial charge in [-0.2, -0.15) is 5.10 Å². The lowest BCUT2D eigenvalue weighted by Gasteiger charge is -2.13. The quantitative estimate of drug-likeness (QED) is 0.584. The van der Waals surface area contributed by atoms with Crippen molar-refractivity contribution in [2.75, 3.05) is 6.54 Å². The number of nitrogens with zero attached hydrogens (tertiary/aromatic N) is 3. The van der Waals surface area contributed by atoms with E-state index in [1.807, 2.05) is 36.7 Å². The molecule has 6 nitrogen and oxygen atoms in total. The molecular weight excluding hydrogens is 338 g/mol. The summed E-state index contributed by atoms with van der Waals surface area (Å²) in [6.45, 7) is 6.87. The Kier molecular flexibility index (Phi) is 4.18. The van der Waals surface area contributed by atoms with Gasteiger partial charge in [0.15, 0.2) is 5.65 Å². The third kappa shape index (κ3) is 3.43. The smallest absolute Gasteiger partial charge is 0.271 e. The van der Waals surface area contributed by atoms with Crippen molar-refractivity contribution in [1.82, 2.24) is 24.9 Å². The molecule has 0 radical (unpaired) electrons. The number of carbonyl (C=O) groups is 1. The topological polar surface area (TPSA) is 75.1 Å². The van der Waals surface area contributed by atoms with E-state index in [1.54, 1.807) is 10.6 Å². The van der Waals surface area contributed by atoms with Gasteiger partial charge in [0.25, 0.3) is 5.91 Å². The van der Waals surface area contributed by atoms with E-state index in [0.717, 1.165) is 23.3 Å². The average molecular weight is 361 g/mol. The Balaban J connectivity index is 1.45. The molecule has 0 fully saturated rings. The van der Waals surface area contributed by atoms with Crippen molar-refractivity contribution < 1.29 is 4.79 Å². The van der Waals surface area contributed by atoms with Crippen LogP contribution >= 0.6 is 0 Å². The lowest BCUT2D eigenvalue weighted by Crippen LogP contribution is -2.27. The third-order valence-electron chi connectivity index (χ3n) is 4.68. The molecule has 3 heterocycles. The van der Waals surface area contributed by atoms with Crippen LogP contribution < -0.4 is 5.32 Å². The summed E-state index contributed by atoms with van der Waals surface area (Å²) < 4.78 is 1.68. The van der Waals surface area contributed by atoms with E-state index in [0.29, 0.717) is 12.2 Å². The molecule has 0 aliphatic heterocycles. The second-order valence-corrected chi connectivity index (χ2v) is 7.76. The zero-order chi connectivity index (χ0) is 19.0. The molecular formula is C21H23N5O. The Morgan fingerprint density at radius 1 is 1.19 bits per heavy atom. The Morgan fingerprint density at radius 3 is 2.81 bits per heavy atom. The molecule has 6 heteroatoms. The number of aromatic nitrogens is 4. The lowest BCUT2D eigenvalue weighted by molar-refractivity contribution is 0.0948. The second-order valence-electron chi connectivity index (χ2n) is 7.76. The van der Waals surface area contributed by atoms with Crippen molar-refractivity contribution in [3.8, 4) is 0 Å². The number of hydrogen-bond acceptors (Lipinski definition) is 3. The molecule has 0 bridgehead atoms. The highest BCUT2D eigenvalue weighted by Crippen LogP contribution is 2.21. The molecule has 3 aromatic heterocycles. The van der Waals surface area contributed by atoms with Gasteiger partial charge in [-0.05, 0) is 30.2 Å². The number of imidazole rings is 1. The molecule has 1 amide bonds. The number of carbonyl (C=O) groups excluding carboxylic acids is 1. The summed E-state index contributed by atoms with van der Waals surface area (Å²) in [6.07, 6.45) is 4.65. The van der Waals surface area contributed by atoms with Gasteiger partial charge in [-0.3, -0.25) is 4.79 Å². The number of aromatic amines is 1. The van der Waals surface area contributed by atoms with Crippen molar-refractivity contribution in [3.63, 3.8) is 0 Å². The van der Waals surface area contributed by atoms with Crippen molar-refractivity contribution in [2.24, 2.45) is 0 Å². The SMILES string of the molecule is CC(C)(C)c1cn2nc(C(=O)NCCc3c[nH]c4ccccc34)ccc2n1. The van der Waals surface area contributed by atoms with Gasteiger partial charge in [-0.1, -0.05) is 39.0 Å². The van der Waals surface area contributed by atoms with E-state index in [-0.39, 0.29) is 11.3 Å². The number of fused-ring (bicyclic) bond motifs is 2. The Labute approximate surface area is 157 Å². The first-order valence-electron chi connectivity index (χ1n) is 9.12. The number of hydrogen-bond donors (Lipinski definition) is 2. The van der Waals surface area contributed by atoms with Crippen molar-refractivity contribution >= 4 is 22.5 Å². The molecule has 0 aliphatic carbocycles. The van der Waals surface area contributed by atoms with E-state index < -0.39 is 0 Å². The largest absolute Gasteiger partial charge is 0.361 e. The van der Waals surface area contributed by atoms with Crippen molar-refractivity contribution in [3.05, 3.63) is 65.7 Å². The van der Waals surface area contributed by atoms with E-state index in [1.165, 1.54) is 10.9 Å². The highest BCUT2D eigenvalue weighted by atomic mass is 16.1. The van der Waals surface area contributed by atoms with Crippen molar-refractivity contribution in [2.45, 2.75) is 32.6 Å². The molecule has 1 aromatic carbocycles. The van der Waals surface area contributed by atoms with Crippen LogP contribution in [0.5, 0.6) is 0 Å². The zero-order valence-electron chi connectivity index (χ0n) is 15.8. The van der Waals surface area contributed by atoms with Gasteiger partial charge in [-0.15, -0.1) is 0 Å². The molecule has 27 heavy (non-hydrogen) atoms. The molecule has 0 atom stereocenters. The Hall–Kier alpha value is -3.15. The highest BCUT2D eigenvalue weighted by molar-refractivity contribution is 5.92. The molecule has 0 unspecified atom stereocenters. The summed E-state index contributed by atoms with van der Waals surface area (Å²) in [5, 5.41) is 8.56. The molecule has 0 saturated carbocycles. The van der Waals surface area contributed by atoms with Gasteiger partial charge in [0.1, 0.15) is 5.69 Å². The molecule has 4 aromatic rings. The highest BCUT2D eigenvalue weighted by Gasteiger charge is 2.18. The maximum atomic E-state index is 12.5. The first kappa shape index (κ1) is 17.3. The summed E-state index contributed by atoms with van der Waals surface area (Å²) >= 11 is 0. The third-order valence-corrected chi connectivity index (χ3v) is 4.68. The van der Waals surface area contributed by atoms with Crippen LogP contribution in [0.15, 0.2) is 48.8 Å². The van der Waals surface area contributed by atoms with Crippen LogP contribution in [-0.4, -0.2) is 32.0 Å². The fourth-order valence-electron chi connectivity index (χ4n) is 3.10. The monoisotopic (exact) mass is 361 g/mol. The van der Waals surface area contributed by atoms with Crippen LogP contribution in [0.25, 0.3) is 16.6 Å². The molecule has 0 spiro atoms. The number of nitrogens with one attached hydrogen (secondary N) is 2. The number of benzene rings is 1. The predicted octanol–water partition coefficient (Wildman–Crippen LogP) is 3.48. The number of para-hydroxylation sites is 1. The van der Waals surface area contributed by atoms with Gasteiger partial charge < -0.3 is 10.3 Å². The van der Waals surface area contributed by atoms with Crippen LogP contribution in [0.3, 0.4) is 0 Å². The first-order valence-corrected chi connectivity index (χ1v) is 9.12. The van der Waals surface area contributed by atoms with Gasteiger partial charge >= 0.3 is 0 Å². The Morgan fingerprint density at radius 2 is 2.00 bits per heavy atom. The maximum absolute atomic E-state index is 12.5. The standard InChI is InChI=1S/C21H23N5O/c1-21(2,3)18-13-26-19(24-18)9-8-17(25-26)20(27)22-11-10-14-12-23-16-7-5-4-6-15(14)16/h4-9,12-13,23H,10-11H2,1-3H3,(H,22,27). The second kappa shape index (κ2) is 6.54. The fourth-order valence-corrected chi connectivity index (χ4v) is 3.10. The first-order chi connectivity index (χ1) is 12.9. The minimum absolute atomic E-state index is 0.0601. The Bertz CT molecular complexity index is 1120. The van der Waals surface area contributed by atoms with Gasteiger partial charge in [-0.25, -0.2) is 9.50 Å². The molecule has 138 valence electrons. The summed E-state index contributed by atoms with van der Waals surface area (Å²) in [6, 6.07) is 11.7. The number of rotatable bonds is 4. The van der Waals surface area contributed by atoms with Crippen LogP contribution in [0.4, 0.5) is 0 Å². The van der Waals surface area contributed by atoms with Crippen LogP contribution in [-0.2, 0) is 11.8 Å². The molecule has 2 N–H and O–H groups in total. The number of amides is 1. The van der Waals surface area contributed by atoms with Crippen LogP contribution in [0.2, 0.25) is 0 Å². The van der Waals surface area contributed by atoms with Crippen LogP contribution in [0, 0.1) is 0 Å². The van der Waals surface area contributed by atoms with E-state index >= 15 is 0 Å². The summed E-state index contributed by atoms with van der Waals surface area (Å²) in [4.78, 5) is 20.3. The maximum Gasteiger partial charge on any atom is 0.271 e. The predicted molar refractivity (Wildman–Crippen MR) is 106 cm³/mol. The summed E-state index contributed by atoms with van der Waals surface area (Å²) in [5.41, 5.74) is 4.33. The van der Waals surface area contributed by atoms with E-state index in [4.69, 9.17) is 0 Å². The minimum atomic E-state index is -0.178. The van der Waals surface area contributed by atoms with Gasteiger partial charge in [0.2, 0.25) is 0 Å². The molecule has 4 rings (SSSR count). The summed E-state index contributed by atoms with van der Waals surface area (Å²) in [7, 11) is 0. The van der Waals surface area contributed by atoms with E-state index in [2.05, 4.69) is 47.2 Å². The molecule has 0 aliphatic rings. The number of H-pyrrole nitrogens is 1. The lowest BCUT2D eigenvalue weighted by atomic mass is 9.93. The van der Waals surface area contributed by atoms with E-state index in [9.17, 15) is 4.79 Å². The minimum Gasteiger partial charge on any atom is -0.361 e. The van der Waals surface area contributed by atoms with Crippen molar-refractivity contribution in [1.29, 1.82) is 0 Å². The van der Waals surface area contributed by atoms with Crippen LogP contribution in [0.1, 0.15) is 42.5 Å². The zero-order valence-corrected chi connectivity index (χ0v) is 15.8. The molecule has 0 saturated heterocycles.